The third-order valence-electron chi connectivity index (χ3n) is 3.67. The molecule has 98 valence electrons. The van der Waals surface area contributed by atoms with Gasteiger partial charge in [0, 0.05) is 23.0 Å². The third-order valence-corrected chi connectivity index (χ3v) is 3.67. The van der Waals surface area contributed by atoms with Crippen LogP contribution >= 0.6 is 0 Å². The lowest BCUT2D eigenvalue weighted by Crippen LogP contribution is -2.33. The summed E-state index contributed by atoms with van der Waals surface area (Å²) in [4.78, 5) is 27.1. The first-order chi connectivity index (χ1) is 9.24. The maximum atomic E-state index is 12.1. The molecule has 0 spiro atoms. The molecule has 0 aliphatic heterocycles. The average molecular weight is 256 g/mol. The molecule has 0 bridgehead atoms. The van der Waals surface area contributed by atoms with Crippen LogP contribution in [0.4, 0.5) is 0 Å². The standard InChI is InChI=1S/C15H16N2O2/c18-14-9-13(15(19)16-10-5-1-2-6-10)17-12-8-4-3-7-11(12)14/h3-4,7-10H,1-2,5-6H2,(H,16,19)(H,17,18). The summed E-state index contributed by atoms with van der Waals surface area (Å²) in [6.45, 7) is 0. The molecule has 1 aromatic carbocycles. The summed E-state index contributed by atoms with van der Waals surface area (Å²) in [6, 6.07) is 8.86. The van der Waals surface area contributed by atoms with Gasteiger partial charge in [0.2, 0.25) is 0 Å². The van der Waals surface area contributed by atoms with Gasteiger partial charge in [-0.05, 0) is 25.0 Å². The van der Waals surface area contributed by atoms with Gasteiger partial charge in [0.05, 0.1) is 0 Å². The Morgan fingerprint density at radius 3 is 2.74 bits per heavy atom. The van der Waals surface area contributed by atoms with E-state index in [-0.39, 0.29) is 17.4 Å². The summed E-state index contributed by atoms with van der Waals surface area (Å²) < 4.78 is 0. The maximum Gasteiger partial charge on any atom is 0.268 e. The highest BCUT2D eigenvalue weighted by atomic mass is 16.2. The lowest BCUT2D eigenvalue weighted by atomic mass is 10.2. The molecule has 0 unspecified atom stereocenters. The van der Waals surface area contributed by atoms with E-state index < -0.39 is 0 Å². The lowest BCUT2D eigenvalue weighted by molar-refractivity contribution is 0.0933. The van der Waals surface area contributed by atoms with Crippen LogP contribution in [-0.4, -0.2) is 16.9 Å². The Kier molecular flexibility index (Phi) is 3.07. The van der Waals surface area contributed by atoms with Gasteiger partial charge >= 0.3 is 0 Å². The molecule has 1 aliphatic rings. The number of aromatic amines is 1. The van der Waals surface area contributed by atoms with Crippen molar-refractivity contribution in [1.82, 2.24) is 10.3 Å². The highest BCUT2D eigenvalue weighted by molar-refractivity contribution is 5.94. The molecule has 1 amide bonds. The van der Waals surface area contributed by atoms with E-state index in [9.17, 15) is 9.59 Å². The van der Waals surface area contributed by atoms with E-state index in [1.54, 1.807) is 6.07 Å². The number of aromatic nitrogens is 1. The first-order valence-electron chi connectivity index (χ1n) is 6.67. The molecule has 4 nitrogen and oxygen atoms in total. The second-order valence-electron chi connectivity index (χ2n) is 5.05. The molecule has 2 N–H and O–H groups in total. The largest absolute Gasteiger partial charge is 0.350 e. The molecular formula is C15H16N2O2. The lowest BCUT2D eigenvalue weighted by Gasteiger charge is -2.12. The van der Waals surface area contributed by atoms with Crippen molar-refractivity contribution < 1.29 is 4.79 Å². The summed E-state index contributed by atoms with van der Waals surface area (Å²) in [5, 5.41) is 3.59. The minimum Gasteiger partial charge on any atom is -0.350 e. The normalized spacial score (nSPS) is 15.8. The number of pyridine rings is 1. The van der Waals surface area contributed by atoms with E-state index in [0.717, 1.165) is 12.8 Å². The summed E-state index contributed by atoms with van der Waals surface area (Å²) in [7, 11) is 0. The number of benzene rings is 1. The summed E-state index contributed by atoms with van der Waals surface area (Å²) in [6.07, 6.45) is 4.39. The van der Waals surface area contributed by atoms with E-state index in [0.29, 0.717) is 16.6 Å². The van der Waals surface area contributed by atoms with Crippen LogP contribution in [0.1, 0.15) is 36.2 Å². The zero-order chi connectivity index (χ0) is 13.2. The number of carbonyl (C=O) groups excluding carboxylic acids is 1. The topological polar surface area (TPSA) is 62.0 Å². The fourth-order valence-corrected chi connectivity index (χ4v) is 2.65. The summed E-state index contributed by atoms with van der Waals surface area (Å²) in [5.74, 6) is -0.185. The Balaban J connectivity index is 1.91. The zero-order valence-electron chi connectivity index (χ0n) is 10.6. The van der Waals surface area contributed by atoms with E-state index in [1.165, 1.54) is 18.9 Å². The SMILES string of the molecule is O=C(NC1CCCC1)c1cc(=O)c2ccccc2[nH]1. The highest BCUT2D eigenvalue weighted by Gasteiger charge is 2.18. The molecule has 3 rings (SSSR count). The predicted molar refractivity (Wildman–Crippen MR) is 74.3 cm³/mol. The number of fused-ring (bicyclic) bond motifs is 1. The summed E-state index contributed by atoms with van der Waals surface area (Å²) >= 11 is 0. The number of rotatable bonds is 2. The summed E-state index contributed by atoms with van der Waals surface area (Å²) in [5.41, 5.74) is 0.924. The van der Waals surface area contributed by atoms with Gasteiger partial charge in [0.25, 0.3) is 5.91 Å². The van der Waals surface area contributed by atoms with E-state index in [1.807, 2.05) is 18.2 Å². The van der Waals surface area contributed by atoms with Crippen LogP contribution in [0.2, 0.25) is 0 Å². The Morgan fingerprint density at radius 1 is 1.21 bits per heavy atom. The molecule has 0 saturated heterocycles. The van der Waals surface area contributed by atoms with E-state index in [4.69, 9.17) is 0 Å². The Bertz CT molecular complexity index is 669. The number of H-pyrrole nitrogens is 1. The molecule has 4 heteroatoms. The Hall–Kier alpha value is -2.10. The number of para-hydroxylation sites is 1. The first kappa shape index (κ1) is 12.0. The van der Waals surface area contributed by atoms with Gasteiger partial charge in [-0.3, -0.25) is 9.59 Å². The van der Waals surface area contributed by atoms with E-state index >= 15 is 0 Å². The van der Waals surface area contributed by atoms with Crippen molar-refractivity contribution in [2.75, 3.05) is 0 Å². The van der Waals surface area contributed by atoms with Gasteiger partial charge in [-0.25, -0.2) is 0 Å². The predicted octanol–water partition coefficient (Wildman–Crippen LogP) is 2.20. The number of amides is 1. The van der Waals surface area contributed by atoms with Gasteiger partial charge in [-0.1, -0.05) is 25.0 Å². The molecule has 1 saturated carbocycles. The Morgan fingerprint density at radius 2 is 1.95 bits per heavy atom. The van der Waals surface area contributed by atoms with Crippen LogP contribution in [0, 0.1) is 0 Å². The molecule has 0 radical (unpaired) electrons. The number of hydrogen-bond donors (Lipinski definition) is 2. The second-order valence-corrected chi connectivity index (χ2v) is 5.05. The highest BCUT2D eigenvalue weighted by Crippen LogP contribution is 2.18. The molecule has 1 fully saturated rings. The molecule has 0 atom stereocenters. The van der Waals surface area contributed by atoms with E-state index in [2.05, 4.69) is 10.3 Å². The van der Waals surface area contributed by atoms with Crippen LogP contribution in [0.25, 0.3) is 10.9 Å². The van der Waals surface area contributed by atoms with Gasteiger partial charge in [-0.2, -0.15) is 0 Å². The first-order valence-corrected chi connectivity index (χ1v) is 6.67. The smallest absolute Gasteiger partial charge is 0.268 e. The van der Waals surface area contributed by atoms with Gasteiger partial charge in [-0.15, -0.1) is 0 Å². The second kappa shape index (κ2) is 4.88. The van der Waals surface area contributed by atoms with Gasteiger partial charge in [0.15, 0.2) is 5.43 Å². The van der Waals surface area contributed by atoms with Crippen LogP contribution in [0.15, 0.2) is 35.1 Å². The van der Waals surface area contributed by atoms with Crippen molar-refractivity contribution in [3.05, 3.63) is 46.2 Å². The molecule has 1 aliphatic carbocycles. The van der Waals surface area contributed by atoms with Crippen LogP contribution in [0.3, 0.4) is 0 Å². The minimum absolute atomic E-state index is 0.120. The average Bonchev–Trinajstić information content (AvgIpc) is 2.91. The van der Waals surface area contributed by atoms with Crippen molar-refractivity contribution in [3.63, 3.8) is 0 Å². The fourth-order valence-electron chi connectivity index (χ4n) is 2.65. The van der Waals surface area contributed by atoms with Crippen molar-refractivity contribution in [2.24, 2.45) is 0 Å². The quantitative estimate of drug-likeness (QED) is 0.865. The monoisotopic (exact) mass is 256 g/mol. The fraction of sp³-hybridized carbons (Fsp3) is 0.333. The van der Waals surface area contributed by atoms with Crippen molar-refractivity contribution in [2.45, 2.75) is 31.7 Å². The Labute approximate surface area is 110 Å². The van der Waals surface area contributed by atoms with Gasteiger partial charge < -0.3 is 10.3 Å². The third kappa shape index (κ3) is 2.38. The van der Waals surface area contributed by atoms with Crippen LogP contribution in [0.5, 0.6) is 0 Å². The molecule has 19 heavy (non-hydrogen) atoms. The number of nitrogens with one attached hydrogen (secondary N) is 2. The maximum absolute atomic E-state index is 12.1. The molecule has 1 heterocycles. The van der Waals surface area contributed by atoms with Crippen LogP contribution in [-0.2, 0) is 0 Å². The number of carbonyl (C=O) groups is 1. The molecular weight excluding hydrogens is 240 g/mol. The zero-order valence-corrected chi connectivity index (χ0v) is 10.6. The minimum atomic E-state index is -0.185. The number of hydrogen-bond acceptors (Lipinski definition) is 2. The van der Waals surface area contributed by atoms with Crippen LogP contribution < -0.4 is 10.7 Å². The van der Waals surface area contributed by atoms with Crippen molar-refractivity contribution in [3.8, 4) is 0 Å². The van der Waals surface area contributed by atoms with Gasteiger partial charge in [0.1, 0.15) is 5.69 Å². The van der Waals surface area contributed by atoms with Crippen molar-refractivity contribution >= 4 is 16.8 Å². The molecule has 2 aromatic rings. The molecule has 1 aromatic heterocycles. The van der Waals surface area contributed by atoms with Crippen molar-refractivity contribution in [1.29, 1.82) is 0 Å².